The molecule has 1 aromatic rings. The average Bonchev–Trinajstić information content (AvgIpc) is 2.60. The number of nitrogens with zero attached hydrogens (tertiary/aromatic N) is 1. The molecule has 0 radical (unpaired) electrons. The van der Waals surface area contributed by atoms with Crippen LogP contribution in [0.4, 0.5) is 0 Å². The SMILES string of the molecule is CCOC1CCN(C(=O)c2ccc(CNC(=O)C=C(C)C)cc2)CC1. The number of ether oxygens (including phenoxy) is 1. The molecule has 136 valence electrons. The Morgan fingerprint density at radius 2 is 1.84 bits per heavy atom. The first kappa shape index (κ1) is 19.2. The molecule has 0 aromatic heterocycles. The minimum absolute atomic E-state index is 0.0649. The highest BCUT2D eigenvalue weighted by Crippen LogP contribution is 2.16. The molecule has 0 bridgehead atoms. The fourth-order valence-corrected chi connectivity index (χ4v) is 2.91. The zero-order valence-electron chi connectivity index (χ0n) is 15.4. The average molecular weight is 344 g/mol. The van der Waals surface area contributed by atoms with Gasteiger partial charge in [0.1, 0.15) is 0 Å². The van der Waals surface area contributed by atoms with Gasteiger partial charge in [0.25, 0.3) is 5.91 Å². The van der Waals surface area contributed by atoms with Gasteiger partial charge in [0, 0.05) is 37.9 Å². The highest BCUT2D eigenvalue weighted by molar-refractivity contribution is 5.94. The van der Waals surface area contributed by atoms with Crippen LogP contribution in [0, 0.1) is 0 Å². The third-order valence-electron chi connectivity index (χ3n) is 4.22. The first-order valence-electron chi connectivity index (χ1n) is 8.92. The Morgan fingerprint density at radius 3 is 2.40 bits per heavy atom. The molecule has 1 saturated heterocycles. The van der Waals surface area contributed by atoms with Gasteiger partial charge >= 0.3 is 0 Å². The van der Waals surface area contributed by atoms with Gasteiger partial charge in [-0.2, -0.15) is 0 Å². The third kappa shape index (κ3) is 6.02. The van der Waals surface area contributed by atoms with Crippen LogP contribution >= 0.6 is 0 Å². The zero-order valence-corrected chi connectivity index (χ0v) is 15.4. The summed E-state index contributed by atoms with van der Waals surface area (Å²) in [5.41, 5.74) is 2.63. The normalized spacial score (nSPS) is 14.9. The van der Waals surface area contributed by atoms with Gasteiger partial charge in [-0.15, -0.1) is 0 Å². The van der Waals surface area contributed by atoms with E-state index in [4.69, 9.17) is 4.74 Å². The number of nitrogens with one attached hydrogen (secondary N) is 1. The lowest BCUT2D eigenvalue weighted by molar-refractivity contribution is -0.116. The molecule has 0 unspecified atom stereocenters. The van der Waals surface area contributed by atoms with Crippen LogP contribution in [0.25, 0.3) is 0 Å². The van der Waals surface area contributed by atoms with Crippen molar-refractivity contribution in [3.63, 3.8) is 0 Å². The lowest BCUT2D eigenvalue weighted by atomic mass is 10.1. The molecular formula is C20H28N2O3. The number of carbonyl (C=O) groups excluding carboxylic acids is 2. The summed E-state index contributed by atoms with van der Waals surface area (Å²) in [4.78, 5) is 26.1. The lowest BCUT2D eigenvalue weighted by Crippen LogP contribution is -2.40. The molecule has 5 nitrogen and oxygen atoms in total. The van der Waals surface area contributed by atoms with Crippen LogP contribution in [0.3, 0.4) is 0 Å². The number of hydrogen-bond donors (Lipinski definition) is 1. The molecule has 0 atom stereocenters. The van der Waals surface area contributed by atoms with E-state index in [-0.39, 0.29) is 17.9 Å². The summed E-state index contributed by atoms with van der Waals surface area (Å²) in [6.45, 7) is 8.44. The van der Waals surface area contributed by atoms with E-state index in [1.807, 2.05) is 49.9 Å². The molecule has 2 rings (SSSR count). The summed E-state index contributed by atoms with van der Waals surface area (Å²) < 4.78 is 5.63. The van der Waals surface area contributed by atoms with E-state index in [1.54, 1.807) is 6.08 Å². The highest BCUT2D eigenvalue weighted by atomic mass is 16.5. The minimum atomic E-state index is -0.0997. The second-order valence-electron chi connectivity index (χ2n) is 6.58. The molecule has 1 fully saturated rings. The zero-order chi connectivity index (χ0) is 18.2. The summed E-state index contributed by atoms with van der Waals surface area (Å²) in [5.74, 6) is -0.0348. The number of allylic oxidation sites excluding steroid dienone is 1. The number of hydrogen-bond acceptors (Lipinski definition) is 3. The number of rotatable bonds is 6. The second-order valence-corrected chi connectivity index (χ2v) is 6.58. The maximum absolute atomic E-state index is 12.6. The summed E-state index contributed by atoms with van der Waals surface area (Å²) in [7, 11) is 0. The van der Waals surface area contributed by atoms with E-state index in [1.165, 1.54) is 0 Å². The van der Waals surface area contributed by atoms with E-state index in [2.05, 4.69) is 5.32 Å². The van der Waals surface area contributed by atoms with Gasteiger partial charge in [-0.25, -0.2) is 0 Å². The molecule has 1 aromatic carbocycles. The molecule has 0 aliphatic carbocycles. The summed E-state index contributed by atoms with van der Waals surface area (Å²) in [5, 5.41) is 2.83. The van der Waals surface area contributed by atoms with Crippen molar-refractivity contribution in [3.8, 4) is 0 Å². The maximum atomic E-state index is 12.6. The van der Waals surface area contributed by atoms with Gasteiger partial charge in [-0.1, -0.05) is 17.7 Å². The lowest BCUT2D eigenvalue weighted by Gasteiger charge is -2.31. The van der Waals surface area contributed by atoms with Gasteiger partial charge in [-0.3, -0.25) is 9.59 Å². The van der Waals surface area contributed by atoms with Crippen LogP contribution in [0.5, 0.6) is 0 Å². The Balaban J connectivity index is 1.86. The van der Waals surface area contributed by atoms with E-state index in [9.17, 15) is 9.59 Å². The van der Waals surface area contributed by atoms with Crippen LogP contribution < -0.4 is 5.32 Å². The molecule has 1 heterocycles. The summed E-state index contributed by atoms with van der Waals surface area (Å²) >= 11 is 0. The van der Waals surface area contributed by atoms with Crippen molar-refractivity contribution in [1.82, 2.24) is 10.2 Å². The second kappa shape index (κ2) is 9.37. The topological polar surface area (TPSA) is 58.6 Å². The molecule has 1 aliphatic rings. The van der Waals surface area contributed by atoms with Crippen LogP contribution in [-0.4, -0.2) is 42.5 Å². The van der Waals surface area contributed by atoms with Crippen molar-refractivity contribution in [3.05, 3.63) is 47.0 Å². The van der Waals surface area contributed by atoms with E-state index >= 15 is 0 Å². The van der Waals surface area contributed by atoms with Crippen LogP contribution in [-0.2, 0) is 16.1 Å². The van der Waals surface area contributed by atoms with Crippen molar-refractivity contribution in [2.24, 2.45) is 0 Å². The highest BCUT2D eigenvalue weighted by Gasteiger charge is 2.23. The van der Waals surface area contributed by atoms with Crippen LogP contribution in [0.1, 0.15) is 49.5 Å². The summed E-state index contributed by atoms with van der Waals surface area (Å²) in [6, 6.07) is 7.45. The molecule has 0 saturated carbocycles. The molecule has 1 N–H and O–H groups in total. The van der Waals surface area contributed by atoms with Crippen LogP contribution in [0.15, 0.2) is 35.9 Å². The van der Waals surface area contributed by atoms with Crippen molar-refractivity contribution in [2.75, 3.05) is 19.7 Å². The van der Waals surface area contributed by atoms with E-state index in [0.29, 0.717) is 12.1 Å². The Labute approximate surface area is 150 Å². The Morgan fingerprint density at radius 1 is 1.20 bits per heavy atom. The maximum Gasteiger partial charge on any atom is 0.253 e. The standard InChI is InChI=1S/C20H28N2O3/c1-4-25-18-9-11-22(12-10-18)20(24)17-7-5-16(6-8-17)14-21-19(23)13-15(2)3/h5-8,13,18H,4,9-12,14H2,1-3H3,(H,21,23). The quantitative estimate of drug-likeness (QED) is 0.807. The predicted octanol–water partition coefficient (Wildman–Crippen LogP) is 2.91. The number of carbonyl (C=O) groups is 2. The van der Waals surface area contributed by atoms with E-state index in [0.717, 1.165) is 43.7 Å². The Hall–Kier alpha value is -2.14. The van der Waals surface area contributed by atoms with Gasteiger partial charge in [0.15, 0.2) is 0 Å². The minimum Gasteiger partial charge on any atom is -0.378 e. The predicted molar refractivity (Wildman–Crippen MR) is 98.3 cm³/mol. The molecule has 25 heavy (non-hydrogen) atoms. The number of likely N-dealkylation sites (tertiary alicyclic amines) is 1. The summed E-state index contributed by atoms with van der Waals surface area (Å²) in [6.07, 6.45) is 3.65. The van der Waals surface area contributed by atoms with Crippen LogP contribution in [0.2, 0.25) is 0 Å². The first-order chi connectivity index (χ1) is 12.0. The smallest absolute Gasteiger partial charge is 0.253 e. The molecule has 5 heteroatoms. The van der Waals surface area contributed by atoms with Crippen molar-refractivity contribution in [2.45, 2.75) is 46.3 Å². The van der Waals surface area contributed by atoms with Crippen molar-refractivity contribution < 1.29 is 14.3 Å². The van der Waals surface area contributed by atoms with Crippen molar-refractivity contribution >= 4 is 11.8 Å². The molecule has 2 amide bonds. The fourth-order valence-electron chi connectivity index (χ4n) is 2.91. The Bertz CT molecular complexity index is 610. The number of benzene rings is 1. The van der Waals surface area contributed by atoms with E-state index < -0.39 is 0 Å². The largest absolute Gasteiger partial charge is 0.378 e. The molecular weight excluding hydrogens is 316 g/mol. The van der Waals surface area contributed by atoms with Gasteiger partial charge in [0.05, 0.1) is 6.10 Å². The van der Waals surface area contributed by atoms with Gasteiger partial charge < -0.3 is 15.0 Å². The Kier molecular flexibility index (Phi) is 7.19. The molecule has 1 aliphatic heterocycles. The third-order valence-corrected chi connectivity index (χ3v) is 4.22. The first-order valence-corrected chi connectivity index (χ1v) is 8.92. The fraction of sp³-hybridized carbons (Fsp3) is 0.500. The van der Waals surface area contributed by atoms with Gasteiger partial charge in [-0.05, 0) is 51.3 Å². The van der Waals surface area contributed by atoms with Crippen molar-refractivity contribution in [1.29, 1.82) is 0 Å². The number of amides is 2. The monoisotopic (exact) mass is 344 g/mol. The number of piperidine rings is 1. The van der Waals surface area contributed by atoms with Gasteiger partial charge in [0.2, 0.25) is 5.91 Å². The molecule has 0 spiro atoms.